The topological polar surface area (TPSA) is 31.9 Å². The van der Waals surface area contributed by atoms with Crippen molar-refractivity contribution >= 4 is 23.1 Å². The van der Waals surface area contributed by atoms with Gasteiger partial charge in [0, 0.05) is 11.9 Å². The molecular formula is C19H21N3. The molecule has 0 bridgehead atoms. The van der Waals surface area contributed by atoms with Crippen LogP contribution in [0.15, 0.2) is 48.5 Å². The van der Waals surface area contributed by atoms with Crippen LogP contribution in [-0.2, 0) is 6.42 Å². The third kappa shape index (κ3) is 3.43. The van der Waals surface area contributed by atoms with Gasteiger partial charge in [0.15, 0.2) is 0 Å². The number of aromatic amines is 1. The third-order valence-electron chi connectivity index (χ3n) is 3.76. The molecule has 3 aromatic rings. The molecule has 112 valence electrons. The van der Waals surface area contributed by atoms with E-state index in [0.29, 0.717) is 0 Å². The highest BCUT2D eigenvalue weighted by Crippen LogP contribution is 2.17. The summed E-state index contributed by atoms with van der Waals surface area (Å²) < 4.78 is 0. The number of nitrogens with one attached hydrogen (secondary N) is 1. The first-order valence-electron chi connectivity index (χ1n) is 7.57. The minimum Gasteiger partial charge on any atom is -0.309 e. The first kappa shape index (κ1) is 14.5. The summed E-state index contributed by atoms with van der Waals surface area (Å²) in [7, 11) is 4.20. The molecule has 3 nitrogen and oxygen atoms in total. The lowest BCUT2D eigenvalue weighted by Gasteiger charge is -2.09. The Morgan fingerprint density at radius 3 is 2.55 bits per heavy atom. The lowest BCUT2D eigenvalue weighted by Crippen LogP contribution is -2.14. The van der Waals surface area contributed by atoms with Crippen molar-refractivity contribution < 1.29 is 0 Å². The molecule has 1 heterocycles. The summed E-state index contributed by atoms with van der Waals surface area (Å²) in [5.41, 5.74) is 4.62. The molecule has 1 aromatic heterocycles. The van der Waals surface area contributed by atoms with Crippen LogP contribution in [0, 0.1) is 0 Å². The van der Waals surface area contributed by atoms with Crippen LogP contribution >= 0.6 is 0 Å². The van der Waals surface area contributed by atoms with E-state index < -0.39 is 0 Å². The molecule has 0 aliphatic rings. The molecule has 0 saturated heterocycles. The van der Waals surface area contributed by atoms with Crippen molar-refractivity contribution in [2.45, 2.75) is 6.42 Å². The zero-order valence-electron chi connectivity index (χ0n) is 13.1. The van der Waals surface area contributed by atoms with Crippen molar-refractivity contribution in [3.8, 4) is 0 Å². The minimum absolute atomic E-state index is 0.979. The summed E-state index contributed by atoms with van der Waals surface area (Å²) in [5, 5.41) is 8.57. The Hall–Kier alpha value is -2.39. The minimum atomic E-state index is 0.979. The van der Waals surface area contributed by atoms with Gasteiger partial charge in [0.1, 0.15) is 0 Å². The van der Waals surface area contributed by atoms with Crippen molar-refractivity contribution in [1.82, 2.24) is 15.1 Å². The van der Waals surface area contributed by atoms with E-state index in [0.717, 1.165) is 29.6 Å². The Labute approximate surface area is 131 Å². The van der Waals surface area contributed by atoms with E-state index in [-0.39, 0.29) is 0 Å². The number of fused-ring (bicyclic) bond motifs is 1. The number of likely N-dealkylation sites (N-methyl/N-ethyl adjacent to an activating group) is 1. The molecule has 0 aliphatic heterocycles. The second-order valence-corrected chi connectivity index (χ2v) is 5.78. The van der Waals surface area contributed by atoms with Crippen molar-refractivity contribution in [2.24, 2.45) is 0 Å². The number of rotatable bonds is 5. The van der Waals surface area contributed by atoms with E-state index in [9.17, 15) is 0 Å². The number of para-hydroxylation sites is 1. The van der Waals surface area contributed by atoms with E-state index in [1.54, 1.807) is 0 Å². The maximum Gasteiger partial charge on any atom is 0.0927 e. The number of H-pyrrole nitrogens is 1. The van der Waals surface area contributed by atoms with Gasteiger partial charge in [-0.05, 0) is 43.8 Å². The molecule has 0 amide bonds. The fourth-order valence-corrected chi connectivity index (χ4v) is 2.43. The molecule has 3 heteroatoms. The summed E-state index contributed by atoms with van der Waals surface area (Å²) in [6, 6.07) is 16.9. The normalized spacial score (nSPS) is 11.8. The van der Waals surface area contributed by atoms with Crippen LogP contribution in [0.2, 0.25) is 0 Å². The first-order valence-corrected chi connectivity index (χ1v) is 7.57. The third-order valence-corrected chi connectivity index (χ3v) is 3.76. The maximum atomic E-state index is 4.36. The largest absolute Gasteiger partial charge is 0.309 e. The zero-order chi connectivity index (χ0) is 15.4. The molecule has 0 unspecified atom stereocenters. The number of nitrogens with zero attached hydrogens (tertiary/aromatic N) is 2. The summed E-state index contributed by atoms with van der Waals surface area (Å²) >= 11 is 0. The quantitative estimate of drug-likeness (QED) is 0.774. The fourth-order valence-electron chi connectivity index (χ4n) is 2.43. The molecule has 2 aromatic carbocycles. The van der Waals surface area contributed by atoms with Gasteiger partial charge >= 0.3 is 0 Å². The zero-order valence-corrected chi connectivity index (χ0v) is 13.1. The molecule has 0 aliphatic carbocycles. The molecular weight excluding hydrogens is 270 g/mol. The van der Waals surface area contributed by atoms with Gasteiger partial charge in [-0.2, -0.15) is 5.10 Å². The van der Waals surface area contributed by atoms with Crippen LogP contribution in [0.1, 0.15) is 16.8 Å². The van der Waals surface area contributed by atoms with Gasteiger partial charge in [-0.15, -0.1) is 0 Å². The molecule has 0 radical (unpaired) electrons. The van der Waals surface area contributed by atoms with Gasteiger partial charge in [0.25, 0.3) is 0 Å². The summed E-state index contributed by atoms with van der Waals surface area (Å²) in [6.45, 7) is 1.08. The second-order valence-electron chi connectivity index (χ2n) is 5.78. The Morgan fingerprint density at radius 2 is 1.77 bits per heavy atom. The number of hydrogen-bond donors (Lipinski definition) is 1. The SMILES string of the molecule is CN(C)CCc1ccc(/C=C/c2n[nH]c3ccccc23)cc1. The lowest BCUT2D eigenvalue weighted by atomic mass is 10.1. The first-order chi connectivity index (χ1) is 10.7. The molecule has 0 atom stereocenters. The van der Waals surface area contributed by atoms with Crippen molar-refractivity contribution in [3.05, 3.63) is 65.4 Å². The Bertz CT molecular complexity index is 767. The Morgan fingerprint density at radius 1 is 1.00 bits per heavy atom. The lowest BCUT2D eigenvalue weighted by molar-refractivity contribution is 0.413. The number of hydrogen-bond acceptors (Lipinski definition) is 2. The van der Waals surface area contributed by atoms with Crippen molar-refractivity contribution in [2.75, 3.05) is 20.6 Å². The average Bonchev–Trinajstić information content (AvgIpc) is 2.95. The van der Waals surface area contributed by atoms with Crippen LogP contribution in [0.3, 0.4) is 0 Å². The predicted molar refractivity (Wildman–Crippen MR) is 93.7 cm³/mol. The van der Waals surface area contributed by atoms with Gasteiger partial charge in [-0.3, -0.25) is 5.10 Å². The van der Waals surface area contributed by atoms with Crippen LogP contribution in [0.4, 0.5) is 0 Å². The average molecular weight is 291 g/mol. The van der Waals surface area contributed by atoms with Gasteiger partial charge in [0.2, 0.25) is 0 Å². The Kier molecular flexibility index (Phi) is 4.35. The van der Waals surface area contributed by atoms with Gasteiger partial charge in [-0.1, -0.05) is 48.5 Å². The van der Waals surface area contributed by atoms with E-state index in [1.165, 1.54) is 11.1 Å². The van der Waals surface area contributed by atoms with E-state index in [1.807, 2.05) is 18.2 Å². The van der Waals surface area contributed by atoms with Crippen LogP contribution in [-0.4, -0.2) is 35.7 Å². The van der Waals surface area contributed by atoms with E-state index >= 15 is 0 Å². The smallest absolute Gasteiger partial charge is 0.0927 e. The van der Waals surface area contributed by atoms with Crippen LogP contribution in [0.25, 0.3) is 23.1 Å². The number of aromatic nitrogens is 2. The van der Waals surface area contributed by atoms with Gasteiger partial charge < -0.3 is 4.90 Å². The molecule has 0 spiro atoms. The fraction of sp³-hybridized carbons (Fsp3) is 0.211. The molecule has 0 saturated carbocycles. The summed E-state index contributed by atoms with van der Waals surface area (Å²) in [4.78, 5) is 2.20. The Balaban J connectivity index is 1.72. The van der Waals surface area contributed by atoms with E-state index in [2.05, 4.69) is 71.7 Å². The molecule has 1 N–H and O–H groups in total. The molecule has 3 rings (SSSR count). The van der Waals surface area contributed by atoms with E-state index in [4.69, 9.17) is 0 Å². The standard InChI is InChI=1S/C19H21N3/c1-22(2)14-13-16-9-7-15(8-10-16)11-12-19-17-5-3-4-6-18(17)20-21-19/h3-12H,13-14H2,1-2H3,(H,20,21)/b12-11+. The van der Waals surface area contributed by atoms with Crippen molar-refractivity contribution in [1.29, 1.82) is 0 Å². The monoisotopic (exact) mass is 291 g/mol. The second kappa shape index (κ2) is 6.58. The molecule has 22 heavy (non-hydrogen) atoms. The van der Waals surface area contributed by atoms with Crippen LogP contribution < -0.4 is 0 Å². The summed E-state index contributed by atoms with van der Waals surface area (Å²) in [5.74, 6) is 0. The summed E-state index contributed by atoms with van der Waals surface area (Å²) in [6.07, 6.45) is 5.26. The van der Waals surface area contributed by atoms with Gasteiger partial charge in [-0.25, -0.2) is 0 Å². The highest BCUT2D eigenvalue weighted by molar-refractivity contribution is 5.89. The van der Waals surface area contributed by atoms with Crippen molar-refractivity contribution in [3.63, 3.8) is 0 Å². The van der Waals surface area contributed by atoms with Crippen LogP contribution in [0.5, 0.6) is 0 Å². The van der Waals surface area contributed by atoms with Gasteiger partial charge in [0.05, 0.1) is 11.2 Å². The molecule has 0 fully saturated rings. The highest BCUT2D eigenvalue weighted by Gasteiger charge is 2.00. The maximum absolute atomic E-state index is 4.36. The predicted octanol–water partition coefficient (Wildman–Crippen LogP) is 3.84. The number of benzene rings is 2. The highest BCUT2D eigenvalue weighted by atomic mass is 15.1.